The molecule has 0 unspecified atom stereocenters. The van der Waals surface area contributed by atoms with Crippen LogP contribution in [0.15, 0.2) is 9.72 Å². The van der Waals surface area contributed by atoms with Crippen LogP contribution in [0.25, 0.3) is 0 Å². The minimum atomic E-state index is -0.703. The van der Waals surface area contributed by atoms with E-state index < -0.39 is 5.97 Å². The van der Waals surface area contributed by atoms with Gasteiger partial charge in [0.1, 0.15) is 5.15 Å². The van der Waals surface area contributed by atoms with Gasteiger partial charge in [-0.15, -0.1) is 11.3 Å². The Morgan fingerprint density at radius 3 is 2.93 bits per heavy atom. The Morgan fingerprint density at radius 1 is 1.73 bits per heavy atom. The lowest BCUT2D eigenvalue weighted by atomic mass is 10.1. The average molecular weight is 264 g/mol. The second-order valence-electron chi connectivity index (χ2n) is 3.80. The number of nitrogens with zero attached hydrogens (tertiary/aromatic N) is 1. The lowest BCUT2D eigenvalue weighted by Crippen LogP contribution is -2.10. The van der Waals surface area contributed by atoms with Gasteiger partial charge in [-0.1, -0.05) is 23.4 Å². The highest BCUT2D eigenvalue weighted by Crippen LogP contribution is 2.52. The molecule has 1 aliphatic carbocycles. The first-order valence-corrected chi connectivity index (χ1v) is 6.80. The molecule has 0 atom stereocenters. The summed E-state index contributed by atoms with van der Waals surface area (Å²) in [6.45, 7) is 0. The van der Waals surface area contributed by atoms with Crippen molar-refractivity contribution in [3.8, 4) is 0 Å². The first-order chi connectivity index (χ1) is 7.10. The summed E-state index contributed by atoms with van der Waals surface area (Å²) in [6.07, 6.45) is 2.32. The predicted octanol–water partition coefficient (Wildman–Crippen LogP) is 3.14. The van der Waals surface area contributed by atoms with Crippen LogP contribution in [0.4, 0.5) is 0 Å². The number of hydrogen-bond donors (Lipinski definition) is 1. The van der Waals surface area contributed by atoms with E-state index >= 15 is 0 Å². The third kappa shape index (κ3) is 3.09. The first kappa shape index (κ1) is 11.2. The fourth-order valence-electron chi connectivity index (χ4n) is 1.39. The molecule has 15 heavy (non-hydrogen) atoms. The number of carbonyl (C=O) groups is 1. The van der Waals surface area contributed by atoms with Crippen LogP contribution in [-0.2, 0) is 4.79 Å². The first-order valence-electron chi connectivity index (χ1n) is 4.55. The van der Waals surface area contributed by atoms with Gasteiger partial charge in [0.2, 0.25) is 0 Å². The Kier molecular flexibility index (Phi) is 3.23. The van der Waals surface area contributed by atoms with Crippen LogP contribution in [0.3, 0.4) is 0 Å². The predicted molar refractivity (Wildman–Crippen MR) is 61.8 cm³/mol. The standard InChI is InChI=1S/C9H10ClNO2S2/c10-6-4-14-8(11-6)15-5-9(1-2-9)3-7(12)13/h4H,1-3,5H2,(H,12,13). The summed E-state index contributed by atoms with van der Waals surface area (Å²) < 4.78 is 0.927. The van der Waals surface area contributed by atoms with Gasteiger partial charge in [0.15, 0.2) is 4.34 Å². The molecule has 0 amide bonds. The number of halogens is 1. The van der Waals surface area contributed by atoms with Crippen molar-refractivity contribution >= 4 is 40.7 Å². The highest BCUT2D eigenvalue weighted by atomic mass is 35.5. The molecule has 1 heterocycles. The second kappa shape index (κ2) is 4.31. The maximum absolute atomic E-state index is 10.6. The molecule has 0 aliphatic heterocycles. The Bertz CT molecular complexity index is 376. The molecule has 1 N–H and O–H groups in total. The number of carboxylic acids is 1. The van der Waals surface area contributed by atoms with Crippen LogP contribution in [0, 0.1) is 5.41 Å². The van der Waals surface area contributed by atoms with Crippen molar-refractivity contribution in [1.82, 2.24) is 4.98 Å². The molecule has 1 saturated carbocycles. The number of hydrogen-bond acceptors (Lipinski definition) is 4. The van der Waals surface area contributed by atoms with Gasteiger partial charge >= 0.3 is 5.97 Å². The second-order valence-corrected chi connectivity index (χ2v) is 6.26. The zero-order valence-electron chi connectivity index (χ0n) is 7.90. The van der Waals surface area contributed by atoms with E-state index in [2.05, 4.69) is 4.98 Å². The number of aromatic nitrogens is 1. The molecule has 1 aromatic rings. The van der Waals surface area contributed by atoms with Crippen molar-refractivity contribution in [3.05, 3.63) is 10.5 Å². The van der Waals surface area contributed by atoms with Gasteiger partial charge in [0, 0.05) is 11.1 Å². The van der Waals surface area contributed by atoms with Crippen molar-refractivity contribution in [2.24, 2.45) is 5.41 Å². The maximum Gasteiger partial charge on any atom is 0.303 e. The van der Waals surface area contributed by atoms with E-state index in [1.165, 1.54) is 11.3 Å². The van der Waals surface area contributed by atoms with E-state index in [1.807, 2.05) is 0 Å². The molecule has 1 aromatic heterocycles. The van der Waals surface area contributed by atoms with E-state index in [9.17, 15) is 4.79 Å². The summed E-state index contributed by atoms with van der Waals surface area (Å²) in [5, 5.41) is 11.1. The molecule has 82 valence electrons. The molecule has 0 radical (unpaired) electrons. The van der Waals surface area contributed by atoms with Gasteiger partial charge in [-0.2, -0.15) is 0 Å². The number of thioether (sulfide) groups is 1. The molecule has 3 nitrogen and oxygen atoms in total. The van der Waals surface area contributed by atoms with Gasteiger partial charge in [0.05, 0.1) is 6.42 Å². The SMILES string of the molecule is O=C(O)CC1(CSc2nc(Cl)cs2)CC1. The fourth-order valence-corrected chi connectivity index (χ4v) is 3.69. The Hall–Kier alpha value is -0.260. The number of rotatable bonds is 5. The molecule has 6 heteroatoms. The minimum Gasteiger partial charge on any atom is -0.481 e. The molecule has 0 spiro atoms. The molecule has 0 saturated heterocycles. The van der Waals surface area contributed by atoms with Crippen LogP contribution >= 0.6 is 34.7 Å². The summed E-state index contributed by atoms with van der Waals surface area (Å²) in [4.78, 5) is 14.7. The molecule has 0 aromatic carbocycles. The molecular formula is C9H10ClNO2S2. The summed E-state index contributed by atoms with van der Waals surface area (Å²) in [5.41, 5.74) is 0.0225. The smallest absolute Gasteiger partial charge is 0.303 e. The van der Waals surface area contributed by atoms with E-state index in [0.29, 0.717) is 5.15 Å². The Labute approximate surface area is 101 Å². The van der Waals surface area contributed by atoms with Gasteiger partial charge in [-0.25, -0.2) is 4.98 Å². The minimum absolute atomic E-state index is 0.0225. The van der Waals surface area contributed by atoms with Gasteiger partial charge in [-0.05, 0) is 18.3 Å². The maximum atomic E-state index is 10.6. The molecule has 2 rings (SSSR count). The number of carboxylic acid groups (broad SMARTS) is 1. The third-order valence-electron chi connectivity index (χ3n) is 2.44. The Morgan fingerprint density at radius 2 is 2.47 bits per heavy atom. The monoisotopic (exact) mass is 263 g/mol. The summed E-state index contributed by atoms with van der Waals surface area (Å²) in [5.74, 6) is 0.133. The van der Waals surface area contributed by atoms with Crippen LogP contribution in [0.1, 0.15) is 19.3 Å². The zero-order chi connectivity index (χ0) is 10.9. The quantitative estimate of drug-likeness (QED) is 0.829. The molecule has 1 fully saturated rings. The van der Waals surface area contributed by atoms with Crippen molar-refractivity contribution in [2.45, 2.75) is 23.6 Å². The van der Waals surface area contributed by atoms with E-state index in [1.54, 1.807) is 17.1 Å². The molecule has 1 aliphatic rings. The topological polar surface area (TPSA) is 50.2 Å². The van der Waals surface area contributed by atoms with Crippen molar-refractivity contribution in [2.75, 3.05) is 5.75 Å². The lowest BCUT2D eigenvalue weighted by molar-refractivity contribution is -0.138. The van der Waals surface area contributed by atoms with E-state index in [4.69, 9.17) is 16.7 Å². The number of thiazole rings is 1. The lowest BCUT2D eigenvalue weighted by Gasteiger charge is -2.09. The van der Waals surface area contributed by atoms with Crippen molar-refractivity contribution in [3.63, 3.8) is 0 Å². The van der Waals surface area contributed by atoms with Crippen LogP contribution in [0.2, 0.25) is 5.15 Å². The summed E-state index contributed by atoms with van der Waals surface area (Å²) >= 11 is 8.82. The molecular weight excluding hydrogens is 254 g/mol. The normalized spacial score (nSPS) is 17.7. The number of aliphatic carboxylic acids is 1. The van der Waals surface area contributed by atoms with Crippen LogP contribution in [-0.4, -0.2) is 21.8 Å². The summed E-state index contributed by atoms with van der Waals surface area (Å²) in [7, 11) is 0. The van der Waals surface area contributed by atoms with Gasteiger partial charge in [0.25, 0.3) is 0 Å². The van der Waals surface area contributed by atoms with E-state index in [0.717, 1.165) is 22.9 Å². The zero-order valence-corrected chi connectivity index (χ0v) is 10.3. The highest BCUT2D eigenvalue weighted by molar-refractivity contribution is 8.01. The van der Waals surface area contributed by atoms with Crippen molar-refractivity contribution < 1.29 is 9.90 Å². The van der Waals surface area contributed by atoms with Crippen LogP contribution in [0.5, 0.6) is 0 Å². The third-order valence-corrected chi connectivity index (χ3v) is 5.13. The van der Waals surface area contributed by atoms with E-state index in [-0.39, 0.29) is 11.8 Å². The largest absolute Gasteiger partial charge is 0.481 e. The highest BCUT2D eigenvalue weighted by Gasteiger charge is 2.44. The average Bonchev–Trinajstić information content (AvgIpc) is 2.77. The fraction of sp³-hybridized carbons (Fsp3) is 0.556. The van der Waals surface area contributed by atoms with Crippen LogP contribution < -0.4 is 0 Å². The Balaban J connectivity index is 1.85. The van der Waals surface area contributed by atoms with Gasteiger partial charge in [-0.3, -0.25) is 4.79 Å². The molecule has 0 bridgehead atoms. The van der Waals surface area contributed by atoms with Gasteiger partial charge < -0.3 is 5.11 Å². The summed E-state index contributed by atoms with van der Waals surface area (Å²) in [6, 6.07) is 0. The van der Waals surface area contributed by atoms with Crippen molar-refractivity contribution in [1.29, 1.82) is 0 Å².